The van der Waals surface area contributed by atoms with Crippen LogP contribution in [0.25, 0.3) is 109 Å². The fourth-order valence-electron chi connectivity index (χ4n) is 12.2. The second-order valence-corrected chi connectivity index (χ2v) is 19.5. The maximum Gasteiger partial charge on any atom is 0.138 e. The van der Waals surface area contributed by atoms with Gasteiger partial charge in [0, 0.05) is 60.8 Å². The summed E-state index contributed by atoms with van der Waals surface area (Å²) in [5, 5.41) is 16.3. The van der Waals surface area contributed by atoms with Crippen molar-refractivity contribution in [3.8, 4) is 22.3 Å². The first-order chi connectivity index (χ1) is 37.3. The van der Waals surface area contributed by atoms with Crippen LogP contribution in [0.3, 0.4) is 0 Å². The molecule has 0 saturated heterocycles. The summed E-state index contributed by atoms with van der Waals surface area (Å²) in [4.78, 5) is 4.94. The lowest BCUT2D eigenvalue weighted by atomic mass is 9.84. The molecular weight excluding hydrogens is 909 g/mol. The average molecular weight is 955 g/mol. The highest BCUT2D eigenvalue weighted by Crippen LogP contribution is 2.55. The van der Waals surface area contributed by atoms with E-state index >= 15 is 0 Å². The van der Waals surface area contributed by atoms with Gasteiger partial charge in [0.1, 0.15) is 11.2 Å². The third kappa shape index (κ3) is 6.75. The smallest absolute Gasteiger partial charge is 0.138 e. The largest absolute Gasteiger partial charge is 0.456 e. The molecule has 75 heavy (non-hydrogen) atoms. The number of para-hydroxylation sites is 2. The van der Waals surface area contributed by atoms with Gasteiger partial charge in [-0.25, -0.2) is 0 Å². The van der Waals surface area contributed by atoms with Gasteiger partial charge in [-0.2, -0.15) is 0 Å². The first-order valence-corrected chi connectivity index (χ1v) is 25.8. The zero-order valence-corrected chi connectivity index (χ0v) is 40.9. The van der Waals surface area contributed by atoms with Crippen LogP contribution in [0.2, 0.25) is 0 Å². The number of benzene rings is 14. The Kier molecular flexibility index (Phi) is 9.89. The van der Waals surface area contributed by atoms with Gasteiger partial charge in [-0.15, -0.1) is 0 Å². The number of fused-ring (bicyclic) bond motifs is 11. The molecule has 0 unspecified atom stereocenters. The molecule has 0 atom stereocenters. The quantitative estimate of drug-likeness (QED) is 0.142. The molecule has 0 aliphatic heterocycles. The summed E-state index contributed by atoms with van der Waals surface area (Å²) in [6, 6.07) is 102. The standard InChI is InChI=1S/C72H46N2O/c1-4-22-47(23-5-1)48-40-43-52(44-41-48)73(50-25-6-2-7-26-50)71-60-36-18-14-32-56(60)67(57-33-15-19-37-61(57)71)68-58-34-16-20-38-62(58)72(63-39-21-17-35-59(63)68)74(51-27-8-3-9-28-51)64-46-66-70(55-31-13-12-30-54(55)64)69-53-29-11-10-24-49(53)42-45-65(69)75-66/h1-46H. The van der Waals surface area contributed by atoms with Crippen LogP contribution in [-0.4, -0.2) is 0 Å². The number of hydrogen-bond acceptors (Lipinski definition) is 3. The number of hydrogen-bond donors (Lipinski definition) is 0. The Morgan fingerprint density at radius 2 is 0.613 bits per heavy atom. The molecule has 350 valence electrons. The molecule has 3 nitrogen and oxygen atoms in total. The Hall–Kier alpha value is -9.96. The predicted octanol–water partition coefficient (Wildman–Crippen LogP) is 20.8. The zero-order chi connectivity index (χ0) is 49.4. The van der Waals surface area contributed by atoms with Crippen LogP contribution in [0.4, 0.5) is 34.1 Å². The minimum Gasteiger partial charge on any atom is -0.456 e. The van der Waals surface area contributed by atoms with Crippen molar-refractivity contribution in [2.75, 3.05) is 9.80 Å². The SMILES string of the molecule is c1ccc(-c2ccc(N(c3ccccc3)c3c4ccccc4c(-c4c5ccccc5c(N(c5ccccc5)c5cc6oc7ccc8ccccc8c7c6c6ccccc56)c5ccccc45)c4ccccc34)cc2)cc1. The van der Waals surface area contributed by atoms with Gasteiger partial charge in [-0.05, 0) is 102 Å². The van der Waals surface area contributed by atoms with Crippen molar-refractivity contribution in [1.29, 1.82) is 0 Å². The number of rotatable bonds is 8. The van der Waals surface area contributed by atoms with Gasteiger partial charge in [-0.1, -0.05) is 231 Å². The lowest BCUT2D eigenvalue weighted by Crippen LogP contribution is -2.12. The van der Waals surface area contributed by atoms with E-state index < -0.39 is 0 Å². The Labute approximate surface area is 434 Å². The highest BCUT2D eigenvalue weighted by atomic mass is 16.3. The van der Waals surface area contributed by atoms with E-state index in [0.717, 1.165) is 77.6 Å². The fraction of sp³-hybridized carbons (Fsp3) is 0. The van der Waals surface area contributed by atoms with Crippen LogP contribution in [0.1, 0.15) is 0 Å². The van der Waals surface area contributed by atoms with Gasteiger partial charge in [-0.3, -0.25) is 0 Å². The Morgan fingerprint density at radius 1 is 0.240 bits per heavy atom. The molecule has 15 aromatic rings. The van der Waals surface area contributed by atoms with E-state index in [2.05, 4.69) is 289 Å². The maximum atomic E-state index is 6.94. The van der Waals surface area contributed by atoms with E-state index in [1.54, 1.807) is 0 Å². The molecule has 0 fully saturated rings. The van der Waals surface area contributed by atoms with Crippen LogP contribution >= 0.6 is 0 Å². The molecular formula is C72H46N2O. The summed E-state index contributed by atoms with van der Waals surface area (Å²) in [5.74, 6) is 0. The van der Waals surface area contributed by atoms with E-state index in [9.17, 15) is 0 Å². The second kappa shape index (κ2) is 17.4. The summed E-state index contributed by atoms with van der Waals surface area (Å²) < 4.78 is 6.94. The summed E-state index contributed by atoms with van der Waals surface area (Å²) in [5.41, 5.74) is 13.1. The summed E-state index contributed by atoms with van der Waals surface area (Å²) in [6.07, 6.45) is 0. The van der Waals surface area contributed by atoms with Crippen LogP contribution in [0, 0.1) is 0 Å². The molecule has 0 N–H and O–H groups in total. The van der Waals surface area contributed by atoms with E-state index in [0.29, 0.717) is 0 Å². The maximum absolute atomic E-state index is 6.94. The molecule has 1 heterocycles. The van der Waals surface area contributed by atoms with Crippen molar-refractivity contribution in [3.05, 3.63) is 279 Å². The molecule has 0 aliphatic rings. The molecule has 0 spiro atoms. The normalized spacial score (nSPS) is 11.7. The minimum absolute atomic E-state index is 0.857. The second-order valence-electron chi connectivity index (χ2n) is 19.5. The molecule has 0 aliphatic carbocycles. The van der Waals surface area contributed by atoms with Crippen LogP contribution < -0.4 is 9.80 Å². The Morgan fingerprint density at radius 3 is 1.15 bits per heavy atom. The molecule has 1 aromatic heterocycles. The first kappa shape index (κ1) is 42.7. The van der Waals surface area contributed by atoms with Crippen LogP contribution in [-0.2, 0) is 0 Å². The van der Waals surface area contributed by atoms with Crippen molar-refractivity contribution in [2.45, 2.75) is 0 Å². The van der Waals surface area contributed by atoms with E-state index in [1.165, 1.54) is 65.3 Å². The fourth-order valence-corrected chi connectivity index (χ4v) is 12.2. The lowest BCUT2D eigenvalue weighted by molar-refractivity contribution is 0.669. The third-order valence-electron chi connectivity index (χ3n) is 15.4. The van der Waals surface area contributed by atoms with Crippen LogP contribution in [0.5, 0.6) is 0 Å². The highest BCUT2D eigenvalue weighted by molar-refractivity contribution is 6.32. The van der Waals surface area contributed by atoms with Crippen molar-refractivity contribution >= 4 is 121 Å². The average Bonchev–Trinajstić information content (AvgIpc) is 3.88. The monoisotopic (exact) mass is 954 g/mol. The molecule has 14 aromatic carbocycles. The molecule has 15 rings (SSSR count). The van der Waals surface area contributed by atoms with Gasteiger partial charge in [0.2, 0.25) is 0 Å². The summed E-state index contributed by atoms with van der Waals surface area (Å²) in [6.45, 7) is 0. The highest BCUT2D eigenvalue weighted by Gasteiger charge is 2.28. The molecule has 0 bridgehead atoms. The Balaban J connectivity index is 1.02. The number of furan rings is 1. The van der Waals surface area contributed by atoms with Crippen LogP contribution in [0.15, 0.2) is 283 Å². The van der Waals surface area contributed by atoms with Gasteiger partial charge < -0.3 is 14.2 Å². The van der Waals surface area contributed by atoms with E-state index in [4.69, 9.17) is 4.42 Å². The number of anilines is 6. The number of nitrogens with zero attached hydrogens (tertiary/aromatic N) is 2. The molecule has 3 heteroatoms. The topological polar surface area (TPSA) is 19.6 Å². The van der Waals surface area contributed by atoms with Gasteiger partial charge in [0.25, 0.3) is 0 Å². The Bertz CT molecular complexity index is 4580. The van der Waals surface area contributed by atoms with E-state index in [-0.39, 0.29) is 0 Å². The third-order valence-corrected chi connectivity index (χ3v) is 15.4. The minimum atomic E-state index is 0.857. The van der Waals surface area contributed by atoms with Crippen molar-refractivity contribution < 1.29 is 4.42 Å². The van der Waals surface area contributed by atoms with Crippen molar-refractivity contribution in [2.24, 2.45) is 0 Å². The lowest BCUT2D eigenvalue weighted by Gasteiger charge is -2.31. The molecule has 0 amide bonds. The van der Waals surface area contributed by atoms with Crippen molar-refractivity contribution in [1.82, 2.24) is 0 Å². The summed E-state index contributed by atoms with van der Waals surface area (Å²) in [7, 11) is 0. The van der Waals surface area contributed by atoms with Gasteiger partial charge in [0.15, 0.2) is 0 Å². The predicted molar refractivity (Wildman–Crippen MR) is 319 cm³/mol. The van der Waals surface area contributed by atoms with Gasteiger partial charge in [0.05, 0.1) is 17.1 Å². The first-order valence-electron chi connectivity index (χ1n) is 25.8. The zero-order valence-electron chi connectivity index (χ0n) is 40.9. The molecule has 0 radical (unpaired) electrons. The van der Waals surface area contributed by atoms with Crippen molar-refractivity contribution in [3.63, 3.8) is 0 Å². The molecule has 0 saturated carbocycles. The van der Waals surface area contributed by atoms with E-state index in [1.807, 2.05) is 0 Å². The van der Waals surface area contributed by atoms with Gasteiger partial charge >= 0.3 is 0 Å². The summed E-state index contributed by atoms with van der Waals surface area (Å²) >= 11 is 0.